The minimum absolute atomic E-state index is 0.260. The third kappa shape index (κ3) is 3.34. The van der Waals surface area contributed by atoms with Gasteiger partial charge in [0.2, 0.25) is 0 Å². The van der Waals surface area contributed by atoms with Gasteiger partial charge in [-0.3, -0.25) is 0 Å². The Balaban J connectivity index is 2.49. The molecular weight excluding hydrogens is 292 g/mol. The van der Waals surface area contributed by atoms with Crippen LogP contribution in [-0.2, 0) is 12.7 Å². The Morgan fingerprint density at radius 2 is 1.75 bits per heavy atom. The molecule has 0 spiro atoms. The summed E-state index contributed by atoms with van der Waals surface area (Å²) < 4.78 is 51.2. The molecule has 2 rings (SSSR count). The van der Waals surface area contributed by atoms with Crippen molar-refractivity contribution in [3.05, 3.63) is 40.0 Å². The van der Waals surface area contributed by atoms with Gasteiger partial charge in [-0.2, -0.15) is 13.2 Å². The van der Waals surface area contributed by atoms with Gasteiger partial charge >= 0.3 is 6.18 Å². The molecule has 1 aromatic carbocycles. The monoisotopic (exact) mass is 304 g/mol. The zero-order valence-electron chi connectivity index (χ0n) is 10.8. The minimum Gasteiger partial charge on any atom is -0.304 e. The molecule has 0 saturated carbocycles. The first-order chi connectivity index (χ1) is 9.27. The molecule has 0 saturated heterocycles. The number of hydrogen-bond donors (Lipinski definition) is 0. The normalized spacial score (nSPS) is 12.2. The fourth-order valence-electron chi connectivity index (χ4n) is 1.70. The first kappa shape index (κ1) is 14.9. The second-order valence-electron chi connectivity index (χ2n) is 4.53. The highest BCUT2D eigenvalue weighted by Gasteiger charge is 2.36. The van der Waals surface area contributed by atoms with Crippen LogP contribution >= 0.6 is 11.3 Å². The lowest BCUT2D eigenvalue weighted by atomic mass is 10.1. The Morgan fingerprint density at radius 3 is 2.25 bits per heavy atom. The van der Waals surface area contributed by atoms with Crippen molar-refractivity contribution in [3.63, 3.8) is 0 Å². The maximum Gasteiger partial charge on any atom is 0.443 e. The molecule has 7 heteroatoms. The van der Waals surface area contributed by atoms with E-state index >= 15 is 0 Å². The molecule has 0 amide bonds. The van der Waals surface area contributed by atoms with Crippen LogP contribution in [0.4, 0.5) is 17.6 Å². The van der Waals surface area contributed by atoms with Gasteiger partial charge in [0.15, 0.2) is 5.01 Å². The number of benzene rings is 1. The quantitative estimate of drug-likeness (QED) is 0.796. The lowest BCUT2D eigenvalue weighted by Gasteiger charge is -2.09. The average Bonchev–Trinajstić information content (AvgIpc) is 2.73. The summed E-state index contributed by atoms with van der Waals surface area (Å²) in [4.78, 5) is 5.95. The summed E-state index contributed by atoms with van der Waals surface area (Å²) in [6.07, 6.45) is -4.47. The molecular formula is C13H12F4N2S. The topological polar surface area (TPSA) is 16.1 Å². The van der Waals surface area contributed by atoms with Gasteiger partial charge in [0, 0.05) is 17.0 Å². The summed E-state index contributed by atoms with van der Waals surface area (Å²) in [5.74, 6) is -0.436. The second kappa shape index (κ2) is 5.49. The van der Waals surface area contributed by atoms with E-state index in [0.717, 1.165) is 0 Å². The predicted molar refractivity (Wildman–Crippen MR) is 69.9 cm³/mol. The van der Waals surface area contributed by atoms with E-state index in [4.69, 9.17) is 0 Å². The zero-order chi connectivity index (χ0) is 14.9. The van der Waals surface area contributed by atoms with Gasteiger partial charge < -0.3 is 4.90 Å². The number of halogens is 4. The Labute approximate surface area is 117 Å². The lowest BCUT2D eigenvalue weighted by Crippen LogP contribution is -2.10. The maximum atomic E-state index is 12.9. The van der Waals surface area contributed by atoms with E-state index in [0.29, 0.717) is 28.3 Å². The lowest BCUT2D eigenvalue weighted by molar-refractivity contribution is -0.137. The molecule has 1 aromatic heterocycles. The van der Waals surface area contributed by atoms with Gasteiger partial charge in [-0.1, -0.05) is 0 Å². The number of aromatic nitrogens is 1. The van der Waals surface area contributed by atoms with Crippen LogP contribution < -0.4 is 0 Å². The minimum atomic E-state index is -4.47. The molecule has 0 N–H and O–H groups in total. The first-order valence-electron chi connectivity index (χ1n) is 5.75. The Kier molecular flexibility index (Phi) is 4.10. The van der Waals surface area contributed by atoms with Crippen LogP contribution in [0.25, 0.3) is 11.3 Å². The van der Waals surface area contributed by atoms with E-state index in [1.165, 1.54) is 24.3 Å². The Morgan fingerprint density at radius 1 is 1.15 bits per heavy atom. The van der Waals surface area contributed by atoms with E-state index in [2.05, 4.69) is 4.98 Å². The van der Waals surface area contributed by atoms with Crippen molar-refractivity contribution in [2.24, 2.45) is 0 Å². The summed E-state index contributed by atoms with van der Waals surface area (Å²) in [6.45, 7) is 0.348. The van der Waals surface area contributed by atoms with Gasteiger partial charge in [-0.05, 0) is 38.4 Å². The number of alkyl halides is 3. The average molecular weight is 304 g/mol. The van der Waals surface area contributed by atoms with E-state index < -0.39 is 17.0 Å². The van der Waals surface area contributed by atoms with Crippen LogP contribution in [0.5, 0.6) is 0 Å². The molecule has 108 valence electrons. The van der Waals surface area contributed by atoms with Crippen LogP contribution in [0.3, 0.4) is 0 Å². The third-order valence-electron chi connectivity index (χ3n) is 2.52. The van der Waals surface area contributed by atoms with E-state index in [-0.39, 0.29) is 5.69 Å². The molecule has 0 unspecified atom stereocenters. The van der Waals surface area contributed by atoms with Crippen molar-refractivity contribution in [1.82, 2.24) is 9.88 Å². The molecule has 2 aromatic rings. The van der Waals surface area contributed by atoms with Crippen molar-refractivity contribution in [2.75, 3.05) is 14.1 Å². The molecule has 0 bridgehead atoms. The molecule has 1 heterocycles. The molecule has 0 aliphatic carbocycles. The predicted octanol–water partition coefficient (Wildman–Crippen LogP) is 4.03. The van der Waals surface area contributed by atoms with Crippen LogP contribution in [0.2, 0.25) is 0 Å². The maximum absolute atomic E-state index is 12.9. The van der Waals surface area contributed by atoms with Gasteiger partial charge in [0.25, 0.3) is 0 Å². The van der Waals surface area contributed by atoms with Crippen molar-refractivity contribution < 1.29 is 17.6 Å². The van der Waals surface area contributed by atoms with Crippen molar-refractivity contribution in [2.45, 2.75) is 12.7 Å². The second-order valence-corrected chi connectivity index (χ2v) is 5.62. The highest BCUT2D eigenvalue weighted by Crippen LogP contribution is 2.38. The zero-order valence-corrected chi connectivity index (χ0v) is 11.6. The van der Waals surface area contributed by atoms with Crippen LogP contribution in [-0.4, -0.2) is 24.0 Å². The van der Waals surface area contributed by atoms with E-state index in [1.54, 1.807) is 19.0 Å². The number of nitrogens with zero attached hydrogens (tertiary/aromatic N) is 2. The van der Waals surface area contributed by atoms with E-state index in [1.807, 2.05) is 0 Å². The van der Waals surface area contributed by atoms with Crippen LogP contribution in [0.15, 0.2) is 24.3 Å². The molecule has 0 atom stereocenters. The summed E-state index contributed by atoms with van der Waals surface area (Å²) in [5, 5.41) is -0.881. The Bertz CT molecular complexity index is 587. The summed E-state index contributed by atoms with van der Waals surface area (Å²) in [6, 6.07) is 5.29. The number of rotatable bonds is 3. The summed E-state index contributed by atoms with van der Waals surface area (Å²) in [7, 11) is 3.53. The highest BCUT2D eigenvalue weighted by molar-refractivity contribution is 7.12. The largest absolute Gasteiger partial charge is 0.443 e. The highest BCUT2D eigenvalue weighted by atomic mass is 32.1. The smallest absolute Gasteiger partial charge is 0.304 e. The van der Waals surface area contributed by atoms with E-state index in [9.17, 15) is 17.6 Å². The molecule has 2 nitrogen and oxygen atoms in total. The molecule has 0 aliphatic heterocycles. The van der Waals surface area contributed by atoms with Crippen molar-refractivity contribution in [1.29, 1.82) is 0 Å². The molecule has 0 fully saturated rings. The van der Waals surface area contributed by atoms with Gasteiger partial charge in [0.05, 0.1) is 5.69 Å². The summed E-state index contributed by atoms with van der Waals surface area (Å²) in [5.41, 5.74) is 0.742. The van der Waals surface area contributed by atoms with Gasteiger partial charge in [0.1, 0.15) is 5.82 Å². The molecule has 0 aliphatic rings. The van der Waals surface area contributed by atoms with Crippen LogP contribution in [0, 0.1) is 5.82 Å². The van der Waals surface area contributed by atoms with Crippen molar-refractivity contribution >= 4 is 11.3 Å². The third-order valence-corrected chi connectivity index (χ3v) is 3.60. The number of thiazole rings is 1. The molecule has 0 radical (unpaired) electrons. The number of hydrogen-bond acceptors (Lipinski definition) is 3. The SMILES string of the molecule is CN(C)Cc1sc(C(F)(F)F)nc1-c1ccc(F)cc1. The standard InChI is InChI=1S/C13H12F4N2S/c1-19(2)7-10-11(8-3-5-9(14)6-4-8)18-12(20-10)13(15,16)17/h3-6H,7H2,1-2H3. The fraction of sp³-hybridized carbons (Fsp3) is 0.308. The fourth-order valence-corrected chi connectivity index (χ4v) is 2.77. The Hall–Kier alpha value is -1.47. The van der Waals surface area contributed by atoms with Crippen molar-refractivity contribution in [3.8, 4) is 11.3 Å². The summed E-state index contributed by atoms with van der Waals surface area (Å²) >= 11 is 0.622. The molecule has 20 heavy (non-hydrogen) atoms. The van der Waals surface area contributed by atoms with Gasteiger partial charge in [-0.25, -0.2) is 9.37 Å². The van der Waals surface area contributed by atoms with Crippen LogP contribution in [0.1, 0.15) is 9.88 Å². The first-order valence-corrected chi connectivity index (χ1v) is 6.56. The van der Waals surface area contributed by atoms with Gasteiger partial charge in [-0.15, -0.1) is 11.3 Å².